The predicted octanol–water partition coefficient (Wildman–Crippen LogP) is 3.07. The van der Waals surface area contributed by atoms with Gasteiger partial charge in [-0.05, 0) is 42.9 Å². The highest BCUT2D eigenvalue weighted by Gasteiger charge is 2.42. The molecule has 22 heavy (non-hydrogen) atoms. The van der Waals surface area contributed by atoms with Gasteiger partial charge in [0.1, 0.15) is 0 Å². The number of hydrogen-bond donors (Lipinski definition) is 1. The Hall–Kier alpha value is -0.690. The molecule has 2 saturated carbocycles. The number of anilines is 2. The van der Waals surface area contributed by atoms with Gasteiger partial charge in [-0.25, -0.2) is 13.6 Å². The normalized spacial score (nSPS) is 30.0. The molecular formula is C14H19Cl2N3O2S. The van der Waals surface area contributed by atoms with Gasteiger partial charge in [0.2, 0.25) is 10.0 Å². The van der Waals surface area contributed by atoms with E-state index in [9.17, 15) is 8.42 Å². The van der Waals surface area contributed by atoms with Crippen molar-refractivity contribution in [2.45, 2.75) is 43.7 Å². The van der Waals surface area contributed by atoms with Crippen molar-refractivity contribution in [2.75, 3.05) is 8.84 Å². The van der Waals surface area contributed by atoms with Crippen LogP contribution in [-0.4, -0.2) is 20.5 Å². The number of nitrogens with two attached hydrogens (primary N) is 1. The Morgan fingerprint density at radius 2 is 1.50 bits per heavy atom. The molecule has 0 amide bonds. The first-order valence-electron chi connectivity index (χ1n) is 7.27. The van der Waals surface area contributed by atoms with E-state index >= 15 is 0 Å². The lowest BCUT2D eigenvalue weighted by atomic mass is 10.2. The maximum Gasteiger partial charge on any atom is 0.238 e. The first kappa shape index (κ1) is 16.2. The number of rotatable bonds is 5. The average molecular weight is 364 g/mol. The highest BCUT2D eigenvalue weighted by Crippen LogP contribution is 2.47. The summed E-state index contributed by atoms with van der Waals surface area (Å²) in [4.78, 5) is 0.0408. The molecule has 0 heterocycles. The second-order valence-corrected chi connectivity index (χ2v) is 8.67. The van der Waals surface area contributed by atoms with Gasteiger partial charge in [-0.2, -0.15) is 0 Å². The summed E-state index contributed by atoms with van der Waals surface area (Å²) in [6, 6.07) is 5.10. The quantitative estimate of drug-likeness (QED) is 0.816. The zero-order valence-corrected chi connectivity index (χ0v) is 14.7. The third kappa shape index (κ3) is 3.02. The van der Waals surface area contributed by atoms with E-state index in [1.807, 2.05) is 0 Å². The van der Waals surface area contributed by atoms with Crippen LogP contribution >= 0.6 is 23.6 Å². The van der Waals surface area contributed by atoms with Crippen LogP contribution in [0.3, 0.4) is 0 Å². The number of halogens is 2. The average Bonchev–Trinajstić information content (AvgIpc) is 3.34. The molecule has 0 spiro atoms. The van der Waals surface area contributed by atoms with Gasteiger partial charge in [0.25, 0.3) is 0 Å². The van der Waals surface area contributed by atoms with Gasteiger partial charge >= 0.3 is 0 Å². The zero-order chi connectivity index (χ0) is 16.2. The Morgan fingerprint density at radius 3 is 1.91 bits per heavy atom. The molecule has 2 aliphatic rings. The highest BCUT2D eigenvalue weighted by atomic mass is 35.5. The van der Waals surface area contributed by atoms with Crippen molar-refractivity contribution < 1.29 is 8.42 Å². The molecule has 0 aliphatic heterocycles. The van der Waals surface area contributed by atoms with E-state index in [2.05, 4.69) is 13.8 Å². The lowest BCUT2D eigenvalue weighted by Crippen LogP contribution is -2.22. The molecule has 1 aromatic rings. The fourth-order valence-electron chi connectivity index (χ4n) is 2.63. The Kier molecular flexibility index (Phi) is 4.00. The number of hydrogen-bond acceptors (Lipinski definition) is 4. The summed E-state index contributed by atoms with van der Waals surface area (Å²) < 4.78 is 26.5. The SMILES string of the molecule is CC1CC1N(Cl)c1ccc(S(N)(=O)=O)cc1N(Cl)C1CC1C. The molecule has 2 N–H and O–H groups in total. The summed E-state index contributed by atoms with van der Waals surface area (Å²) >= 11 is 12.9. The summed E-state index contributed by atoms with van der Waals surface area (Å²) in [5.41, 5.74) is 1.31. The minimum atomic E-state index is -3.78. The van der Waals surface area contributed by atoms with Crippen LogP contribution in [0.2, 0.25) is 0 Å². The standard InChI is InChI=1S/C14H19Cl2N3O2S/c1-8-5-12(8)18(15)11-4-3-10(22(17,20)21)7-14(11)19(16)13-6-9(13)2/h3-4,7-9,12-13H,5-6H2,1-2H3,(H2,17,20,21). The Morgan fingerprint density at radius 1 is 1.05 bits per heavy atom. The summed E-state index contributed by atoms with van der Waals surface area (Å²) in [6.07, 6.45) is 1.99. The molecular weight excluding hydrogens is 345 g/mol. The zero-order valence-electron chi connectivity index (χ0n) is 12.4. The number of nitrogens with zero attached hydrogens (tertiary/aromatic N) is 2. The van der Waals surface area contributed by atoms with Gasteiger partial charge in [-0.1, -0.05) is 13.8 Å². The topological polar surface area (TPSA) is 66.6 Å². The van der Waals surface area contributed by atoms with E-state index in [4.69, 9.17) is 28.7 Å². The maximum atomic E-state index is 11.6. The molecule has 3 rings (SSSR count). The van der Waals surface area contributed by atoms with Crippen LogP contribution in [0.15, 0.2) is 23.1 Å². The van der Waals surface area contributed by atoms with Crippen LogP contribution in [0.25, 0.3) is 0 Å². The van der Waals surface area contributed by atoms with Crippen LogP contribution in [0.4, 0.5) is 11.4 Å². The lowest BCUT2D eigenvalue weighted by molar-refractivity contribution is 0.598. The summed E-state index contributed by atoms with van der Waals surface area (Å²) in [5, 5.41) is 5.23. The van der Waals surface area contributed by atoms with E-state index in [0.29, 0.717) is 17.5 Å². The molecule has 122 valence electrons. The third-order valence-electron chi connectivity index (χ3n) is 4.45. The molecule has 0 saturated heterocycles. The van der Waals surface area contributed by atoms with Crippen LogP contribution < -0.4 is 14.0 Å². The molecule has 2 aliphatic carbocycles. The van der Waals surface area contributed by atoms with E-state index in [1.54, 1.807) is 14.9 Å². The minimum Gasteiger partial charge on any atom is -0.280 e. The second-order valence-electron chi connectivity index (χ2n) is 6.38. The van der Waals surface area contributed by atoms with Crippen molar-refractivity contribution in [1.82, 2.24) is 0 Å². The predicted molar refractivity (Wildman–Crippen MR) is 89.6 cm³/mol. The van der Waals surface area contributed by atoms with Crippen molar-refractivity contribution in [3.8, 4) is 0 Å². The molecule has 0 aromatic heterocycles. The fraction of sp³-hybridized carbons (Fsp3) is 0.571. The summed E-state index contributed by atoms with van der Waals surface area (Å²) in [5.74, 6) is 0.999. The molecule has 0 bridgehead atoms. The van der Waals surface area contributed by atoms with Gasteiger partial charge in [0.15, 0.2) is 0 Å². The van der Waals surface area contributed by atoms with Gasteiger partial charge in [0.05, 0.1) is 16.3 Å². The number of benzene rings is 1. The highest BCUT2D eigenvalue weighted by molar-refractivity contribution is 7.89. The van der Waals surface area contributed by atoms with Crippen LogP contribution in [0.5, 0.6) is 0 Å². The van der Waals surface area contributed by atoms with Crippen LogP contribution in [0, 0.1) is 11.8 Å². The van der Waals surface area contributed by atoms with Gasteiger partial charge in [-0.15, -0.1) is 0 Å². The molecule has 5 nitrogen and oxygen atoms in total. The molecule has 8 heteroatoms. The molecule has 2 fully saturated rings. The van der Waals surface area contributed by atoms with Gasteiger partial charge in [-0.3, -0.25) is 8.84 Å². The van der Waals surface area contributed by atoms with Crippen molar-refractivity contribution in [2.24, 2.45) is 17.0 Å². The molecule has 1 aromatic carbocycles. The number of primary sulfonamides is 1. The Bertz CT molecular complexity index is 697. The Balaban J connectivity index is 2.01. The molecule has 0 radical (unpaired) electrons. The van der Waals surface area contributed by atoms with E-state index in [-0.39, 0.29) is 17.0 Å². The van der Waals surface area contributed by atoms with Crippen LogP contribution in [0.1, 0.15) is 26.7 Å². The first-order valence-corrected chi connectivity index (χ1v) is 9.49. The van der Waals surface area contributed by atoms with E-state index < -0.39 is 10.0 Å². The third-order valence-corrected chi connectivity index (χ3v) is 6.23. The first-order chi connectivity index (χ1) is 10.2. The monoisotopic (exact) mass is 363 g/mol. The van der Waals surface area contributed by atoms with E-state index in [0.717, 1.165) is 18.5 Å². The van der Waals surface area contributed by atoms with Crippen LogP contribution in [-0.2, 0) is 10.0 Å². The minimum absolute atomic E-state index is 0.0408. The van der Waals surface area contributed by atoms with Crippen molar-refractivity contribution in [1.29, 1.82) is 0 Å². The largest absolute Gasteiger partial charge is 0.280 e. The summed E-state index contributed by atoms with van der Waals surface area (Å²) in [6.45, 7) is 4.23. The second kappa shape index (κ2) is 5.44. The van der Waals surface area contributed by atoms with Gasteiger partial charge in [0, 0.05) is 35.6 Å². The van der Waals surface area contributed by atoms with Crippen molar-refractivity contribution in [3.63, 3.8) is 0 Å². The summed E-state index contributed by atoms with van der Waals surface area (Å²) in [7, 11) is -3.78. The molecule has 4 atom stereocenters. The van der Waals surface area contributed by atoms with Crippen molar-refractivity contribution in [3.05, 3.63) is 18.2 Å². The molecule has 4 unspecified atom stereocenters. The van der Waals surface area contributed by atoms with Gasteiger partial charge < -0.3 is 0 Å². The maximum absolute atomic E-state index is 11.6. The fourth-order valence-corrected chi connectivity index (χ4v) is 3.98. The Labute approximate surface area is 141 Å². The van der Waals surface area contributed by atoms with Crippen molar-refractivity contribution >= 4 is 45.0 Å². The number of sulfonamides is 1. The smallest absolute Gasteiger partial charge is 0.238 e. The lowest BCUT2D eigenvalue weighted by Gasteiger charge is -2.25. The van der Waals surface area contributed by atoms with E-state index in [1.165, 1.54) is 12.1 Å².